The summed E-state index contributed by atoms with van der Waals surface area (Å²) in [5.41, 5.74) is 2.97. The van der Waals surface area contributed by atoms with Gasteiger partial charge in [0.05, 0.1) is 11.8 Å². The fourth-order valence-corrected chi connectivity index (χ4v) is 2.61. The Bertz CT molecular complexity index is 678. The molecule has 0 radical (unpaired) electrons. The van der Waals surface area contributed by atoms with Crippen molar-refractivity contribution in [1.82, 2.24) is 5.32 Å². The molecule has 1 aliphatic heterocycles. The average molecular weight is 321 g/mol. The molecule has 5 heteroatoms. The van der Waals surface area contributed by atoms with E-state index in [-0.39, 0.29) is 6.04 Å². The van der Waals surface area contributed by atoms with Gasteiger partial charge in [0.1, 0.15) is 0 Å². The van der Waals surface area contributed by atoms with Crippen LogP contribution in [0.25, 0.3) is 0 Å². The molecule has 100 valence electrons. The molecule has 0 spiro atoms. The Hall–Kier alpha value is -1.42. The molecule has 1 heterocycles. The molecule has 0 bridgehead atoms. The number of aliphatic imine (C=N–C) groups is 1. The molecule has 1 atom stereocenters. The zero-order valence-corrected chi connectivity index (χ0v) is 12.6. The molecule has 1 aliphatic rings. The molecule has 3 rings (SSSR count). The zero-order valence-electron chi connectivity index (χ0n) is 10.3. The van der Waals surface area contributed by atoms with Crippen LogP contribution in [0.1, 0.15) is 17.2 Å². The standard InChI is InChI=1S/C15H10Cl2N2S/c16-11-5-1-9(2-6-11)13-14(19-15(20)18-13)10-3-7-12(17)8-4-10/h1-8,13H,(H,18,20). The monoisotopic (exact) mass is 320 g/mol. The number of nitrogens with zero attached hydrogens (tertiary/aromatic N) is 1. The van der Waals surface area contributed by atoms with Crippen molar-refractivity contribution in [1.29, 1.82) is 0 Å². The van der Waals surface area contributed by atoms with E-state index in [0.29, 0.717) is 15.2 Å². The van der Waals surface area contributed by atoms with Gasteiger partial charge < -0.3 is 5.32 Å². The second-order valence-corrected chi connectivity index (χ2v) is 5.70. The van der Waals surface area contributed by atoms with Gasteiger partial charge in [0.2, 0.25) is 0 Å². The smallest absolute Gasteiger partial charge is 0.193 e. The third-order valence-corrected chi connectivity index (χ3v) is 3.82. The van der Waals surface area contributed by atoms with Gasteiger partial charge in [-0.25, -0.2) is 4.99 Å². The normalized spacial score (nSPS) is 17.8. The van der Waals surface area contributed by atoms with Crippen LogP contribution >= 0.6 is 35.4 Å². The summed E-state index contributed by atoms with van der Waals surface area (Å²) in [6.45, 7) is 0. The second kappa shape index (κ2) is 5.52. The van der Waals surface area contributed by atoms with E-state index < -0.39 is 0 Å². The molecule has 0 aromatic heterocycles. The molecule has 20 heavy (non-hydrogen) atoms. The van der Waals surface area contributed by atoms with Gasteiger partial charge in [0.25, 0.3) is 0 Å². The minimum absolute atomic E-state index is 0.0547. The van der Waals surface area contributed by atoms with Gasteiger partial charge >= 0.3 is 0 Å². The van der Waals surface area contributed by atoms with Gasteiger partial charge in [-0.3, -0.25) is 0 Å². The van der Waals surface area contributed by atoms with Crippen molar-refractivity contribution < 1.29 is 0 Å². The molecule has 0 fully saturated rings. The van der Waals surface area contributed by atoms with Crippen LogP contribution in [0.15, 0.2) is 53.5 Å². The number of nitrogens with one attached hydrogen (secondary N) is 1. The lowest BCUT2D eigenvalue weighted by atomic mass is 9.97. The van der Waals surface area contributed by atoms with Crippen LogP contribution in [0.5, 0.6) is 0 Å². The van der Waals surface area contributed by atoms with E-state index in [1.54, 1.807) is 0 Å². The van der Waals surface area contributed by atoms with Crippen molar-refractivity contribution in [2.45, 2.75) is 6.04 Å². The largest absolute Gasteiger partial charge is 0.348 e. The third kappa shape index (κ3) is 2.70. The maximum atomic E-state index is 5.93. The van der Waals surface area contributed by atoms with Crippen molar-refractivity contribution in [3.05, 3.63) is 69.7 Å². The highest BCUT2D eigenvalue weighted by Gasteiger charge is 2.26. The summed E-state index contributed by atoms with van der Waals surface area (Å²) in [7, 11) is 0. The summed E-state index contributed by atoms with van der Waals surface area (Å²) in [5.74, 6) is 0. The van der Waals surface area contributed by atoms with Crippen molar-refractivity contribution in [3.63, 3.8) is 0 Å². The second-order valence-electron chi connectivity index (χ2n) is 4.44. The summed E-state index contributed by atoms with van der Waals surface area (Å²) in [6.07, 6.45) is 0. The summed E-state index contributed by atoms with van der Waals surface area (Å²) in [6, 6.07) is 15.2. The Kier molecular flexibility index (Phi) is 3.74. The maximum absolute atomic E-state index is 5.93. The average Bonchev–Trinajstić information content (AvgIpc) is 2.82. The van der Waals surface area contributed by atoms with Crippen LogP contribution in [0.4, 0.5) is 0 Å². The number of halogens is 2. The highest BCUT2D eigenvalue weighted by atomic mass is 35.5. The molecule has 2 aromatic rings. The number of thiocarbonyl (C=S) groups is 1. The lowest BCUT2D eigenvalue weighted by Crippen LogP contribution is -2.23. The van der Waals surface area contributed by atoms with E-state index in [9.17, 15) is 0 Å². The van der Waals surface area contributed by atoms with Crippen LogP contribution in [-0.4, -0.2) is 10.8 Å². The Labute approximate surface area is 132 Å². The lowest BCUT2D eigenvalue weighted by Gasteiger charge is -2.14. The van der Waals surface area contributed by atoms with Crippen molar-refractivity contribution in [2.75, 3.05) is 0 Å². The minimum atomic E-state index is -0.0547. The van der Waals surface area contributed by atoms with E-state index in [0.717, 1.165) is 16.8 Å². The predicted molar refractivity (Wildman–Crippen MR) is 87.9 cm³/mol. The summed E-state index contributed by atoms with van der Waals surface area (Å²) in [5, 5.41) is 5.11. The van der Waals surface area contributed by atoms with Crippen LogP contribution in [0.3, 0.4) is 0 Å². The molecule has 0 aliphatic carbocycles. The number of rotatable bonds is 2. The van der Waals surface area contributed by atoms with E-state index in [4.69, 9.17) is 35.4 Å². The van der Waals surface area contributed by atoms with Gasteiger partial charge in [-0.2, -0.15) is 0 Å². The molecular formula is C15H10Cl2N2S. The van der Waals surface area contributed by atoms with Gasteiger partial charge in [-0.1, -0.05) is 47.5 Å². The Morgan fingerprint density at radius 1 is 0.900 bits per heavy atom. The first-order valence-electron chi connectivity index (χ1n) is 6.04. The maximum Gasteiger partial charge on any atom is 0.193 e. The predicted octanol–water partition coefficient (Wildman–Crippen LogP) is 4.41. The Morgan fingerprint density at radius 3 is 2.05 bits per heavy atom. The van der Waals surface area contributed by atoms with Crippen LogP contribution in [0.2, 0.25) is 10.0 Å². The van der Waals surface area contributed by atoms with E-state index in [1.165, 1.54) is 0 Å². The van der Waals surface area contributed by atoms with Gasteiger partial charge in [0.15, 0.2) is 5.11 Å². The molecular weight excluding hydrogens is 311 g/mol. The highest BCUT2D eigenvalue weighted by molar-refractivity contribution is 7.80. The molecule has 1 N–H and O–H groups in total. The Balaban J connectivity index is 1.99. The molecule has 2 aromatic carbocycles. The van der Waals surface area contributed by atoms with Crippen LogP contribution in [0, 0.1) is 0 Å². The number of hydrogen-bond donors (Lipinski definition) is 1. The molecule has 2 nitrogen and oxygen atoms in total. The van der Waals surface area contributed by atoms with Crippen molar-refractivity contribution >= 4 is 46.2 Å². The Morgan fingerprint density at radius 2 is 1.45 bits per heavy atom. The van der Waals surface area contributed by atoms with Crippen molar-refractivity contribution in [2.24, 2.45) is 4.99 Å². The minimum Gasteiger partial charge on any atom is -0.348 e. The molecule has 0 saturated heterocycles. The van der Waals surface area contributed by atoms with E-state index >= 15 is 0 Å². The van der Waals surface area contributed by atoms with E-state index in [2.05, 4.69) is 10.3 Å². The SMILES string of the molecule is S=C1N=C(c2ccc(Cl)cc2)C(c2ccc(Cl)cc2)N1. The van der Waals surface area contributed by atoms with E-state index in [1.807, 2.05) is 48.5 Å². The van der Waals surface area contributed by atoms with Gasteiger partial charge in [-0.15, -0.1) is 0 Å². The summed E-state index contributed by atoms with van der Waals surface area (Å²) in [4.78, 5) is 4.43. The first kappa shape index (κ1) is 13.6. The lowest BCUT2D eigenvalue weighted by molar-refractivity contribution is 0.868. The molecule has 1 unspecified atom stereocenters. The zero-order chi connectivity index (χ0) is 14.1. The third-order valence-electron chi connectivity index (χ3n) is 3.11. The number of hydrogen-bond acceptors (Lipinski definition) is 1. The van der Waals surface area contributed by atoms with Crippen LogP contribution < -0.4 is 5.32 Å². The summed E-state index contributed by atoms with van der Waals surface area (Å²) >= 11 is 17.0. The van der Waals surface area contributed by atoms with Gasteiger partial charge in [-0.05, 0) is 47.6 Å². The first-order chi connectivity index (χ1) is 9.63. The molecule has 0 saturated carbocycles. The summed E-state index contributed by atoms with van der Waals surface area (Å²) < 4.78 is 0. The van der Waals surface area contributed by atoms with Crippen molar-refractivity contribution in [3.8, 4) is 0 Å². The van der Waals surface area contributed by atoms with Gasteiger partial charge in [0, 0.05) is 10.0 Å². The fraction of sp³-hybridized carbons (Fsp3) is 0.0667. The topological polar surface area (TPSA) is 24.4 Å². The first-order valence-corrected chi connectivity index (χ1v) is 7.20. The quantitative estimate of drug-likeness (QED) is 0.829. The van der Waals surface area contributed by atoms with Crippen LogP contribution in [-0.2, 0) is 0 Å². The number of benzene rings is 2. The molecule has 0 amide bonds. The highest BCUT2D eigenvalue weighted by Crippen LogP contribution is 2.25. The fourth-order valence-electron chi connectivity index (χ4n) is 2.15.